The first-order valence-electron chi connectivity index (χ1n) is 8.75. The average Bonchev–Trinajstić information content (AvgIpc) is 2.62. The Morgan fingerprint density at radius 1 is 1.37 bits per heavy atom. The van der Waals surface area contributed by atoms with E-state index in [1.54, 1.807) is 0 Å². The van der Waals surface area contributed by atoms with Crippen LogP contribution in [0.4, 0.5) is 5.69 Å². The number of nitrogens with zero attached hydrogens (tertiary/aromatic N) is 2. The number of carboxylic acids is 1. The zero-order chi connectivity index (χ0) is 19.8. The normalized spacial score (nSPS) is 16.7. The maximum absolute atomic E-state index is 13.2. The first-order chi connectivity index (χ1) is 12.8. The summed E-state index contributed by atoms with van der Waals surface area (Å²) in [6, 6.07) is 6.31. The summed E-state index contributed by atoms with van der Waals surface area (Å²) in [5.41, 5.74) is 1.78. The summed E-state index contributed by atoms with van der Waals surface area (Å²) in [6.45, 7) is 6.24. The maximum Gasteiger partial charge on any atom is 0.337 e. The molecule has 0 bridgehead atoms. The fourth-order valence-corrected chi connectivity index (χ4v) is 4.79. The lowest BCUT2D eigenvalue weighted by molar-refractivity contribution is 0.0697. The van der Waals surface area contributed by atoms with Gasteiger partial charge in [-0.15, -0.1) is 0 Å². The van der Waals surface area contributed by atoms with Gasteiger partial charge in [0.15, 0.2) is 0 Å². The number of sulfonamides is 1. The molecule has 1 aromatic heterocycles. The fraction of sp³-hybridized carbons (Fsp3) is 0.368. The van der Waals surface area contributed by atoms with Crippen LogP contribution in [0.2, 0.25) is 0 Å². The summed E-state index contributed by atoms with van der Waals surface area (Å²) >= 11 is 0. The number of pyridine rings is 1. The second-order valence-electron chi connectivity index (χ2n) is 6.59. The van der Waals surface area contributed by atoms with Crippen molar-refractivity contribution in [3.05, 3.63) is 47.2 Å². The molecular weight excluding hydrogens is 368 g/mol. The quantitative estimate of drug-likeness (QED) is 0.842. The Hall–Kier alpha value is -2.61. The number of hydrogen-bond acceptors (Lipinski definition) is 5. The molecule has 7 nitrogen and oxygen atoms in total. The third-order valence-electron chi connectivity index (χ3n) is 4.65. The Labute approximate surface area is 158 Å². The number of anilines is 1. The second kappa shape index (κ2) is 7.19. The summed E-state index contributed by atoms with van der Waals surface area (Å²) < 4.78 is 32.9. The van der Waals surface area contributed by atoms with Gasteiger partial charge < -0.3 is 9.84 Å². The predicted molar refractivity (Wildman–Crippen MR) is 101 cm³/mol. The Kier molecular flexibility index (Phi) is 5.10. The standard InChI is InChI=1S/C19H22N2O5S/c1-4-26-17-6-5-14(11-20-17)27(24,25)21-8-7-13(3)15-9-12(2)10-16(18(15)21)19(22)23/h5-6,9-11,13H,4,7-8H2,1-3H3,(H,22,23)/t13-/m1/s1. The zero-order valence-corrected chi connectivity index (χ0v) is 16.3. The van der Waals surface area contributed by atoms with E-state index in [0.717, 1.165) is 11.1 Å². The molecule has 1 aliphatic rings. The molecule has 0 saturated heterocycles. The highest BCUT2D eigenvalue weighted by atomic mass is 32.2. The number of aromatic carboxylic acids is 1. The fourth-order valence-electron chi connectivity index (χ4n) is 3.32. The maximum atomic E-state index is 13.2. The van der Waals surface area contributed by atoms with Crippen LogP contribution in [-0.4, -0.2) is 37.6 Å². The predicted octanol–water partition coefficient (Wildman–Crippen LogP) is 3.19. The van der Waals surface area contributed by atoms with Gasteiger partial charge in [-0.3, -0.25) is 4.31 Å². The Bertz CT molecular complexity index is 970. The molecule has 8 heteroatoms. The van der Waals surface area contributed by atoms with Crippen LogP contribution in [0.1, 0.15) is 47.7 Å². The third-order valence-corrected chi connectivity index (χ3v) is 6.43. The summed E-state index contributed by atoms with van der Waals surface area (Å²) in [5.74, 6) is -0.733. The molecule has 0 aliphatic carbocycles. The van der Waals surface area contributed by atoms with E-state index in [1.165, 1.54) is 28.7 Å². The summed E-state index contributed by atoms with van der Waals surface area (Å²) in [5, 5.41) is 9.65. The van der Waals surface area contributed by atoms with Crippen LogP contribution in [0.25, 0.3) is 0 Å². The largest absolute Gasteiger partial charge is 0.478 e. The number of fused-ring (bicyclic) bond motifs is 1. The van der Waals surface area contributed by atoms with Gasteiger partial charge in [-0.1, -0.05) is 13.0 Å². The van der Waals surface area contributed by atoms with Crippen LogP contribution >= 0.6 is 0 Å². The Morgan fingerprint density at radius 2 is 2.11 bits per heavy atom. The monoisotopic (exact) mass is 390 g/mol. The van der Waals surface area contributed by atoms with Gasteiger partial charge in [-0.25, -0.2) is 18.2 Å². The molecule has 0 unspecified atom stereocenters. The van der Waals surface area contributed by atoms with Gasteiger partial charge in [-0.05, 0) is 49.4 Å². The number of aryl methyl sites for hydroxylation is 1. The highest BCUT2D eigenvalue weighted by Gasteiger charge is 2.35. The van der Waals surface area contributed by atoms with Crippen LogP contribution in [0.15, 0.2) is 35.4 Å². The first kappa shape index (κ1) is 19.2. The van der Waals surface area contributed by atoms with Crippen molar-refractivity contribution < 1.29 is 23.1 Å². The SMILES string of the molecule is CCOc1ccc(S(=O)(=O)N2CC[C@@H](C)c3cc(C)cc(C(=O)O)c32)cn1. The van der Waals surface area contributed by atoms with E-state index in [4.69, 9.17) is 4.74 Å². The molecule has 0 radical (unpaired) electrons. The van der Waals surface area contributed by atoms with Crippen molar-refractivity contribution in [2.45, 2.75) is 38.0 Å². The molecule has 3 rings (SSSR count). The zero-order valence-electron chi connectivity index (χ0n) is 15.5. The lowest BCUT2D eigenvalue weighted by Crippen LogP contribution is -2.37. The van der Waals surface area contributed by atoms with E-state index >= 15 is 0 Å². The van der Waals surface area contributed by atoms with E-state index in [9.17, 15) is 18.3 Å². The minimum Gasteiger partial charge on any atom is -0.478 e. The smallest absolute Gasteiger partial charge is 0.337 e. The Morgan fingerprint density at radius 3 is 2.70 bits per heavy atom. The molecule has 2 aromatic rings. The minimum atomic E-state index is -3.95. The van der Waals surface area contributed by atoms with Crippen molar-refractivity contribution in [1.29, 1.82) is 0 Å². The van der Waals surface area contributed by atoms with Crippen molar-refractivity contribution in [3.63, 3.8) is 0 Å². The van der Waals surface area contributed by atoms with E-state index in [-0.39, 0.29) is 28.6 Å². The number of ether oxygens (including phenoxy) is 1. The van der Waals surface area contributed by atoms with Crippen molar-refractivity contribution in [2.75, 3.05) is 17.5 Å². The topological polar surface area (TPSA) is 96.8 Å². The third kappa shape index (κ3) is 3.49. The molecule has 0 fully saturated rings. The lowest BCUT2D eigenvalue weighted by atomic mass is 9.89. The molecule has 1 aromatic carbocycles. The highest BCUT2D eigenvalue weighted by molar-refractivity contribution is 7.92. The van der Waals surface area contributed by atoms with Crippen molar-refractivity contribution in [3.8, 4) is 5.88 Å². The van der Waals surface area contributed by atoms with E-state index in [0.29, 0.717) is 18.9 Å². The minimum absolute atomic E-state index is 0.000907. The van der Waals surface area contributed by atoms with E-state index < -0.39 is 16.0 Å². The average molecular weight is 390 g/mol. The lowest BCUT2D eigenvalue weighted by Gasteiger charge is -2.35. The Balaban J connectivity index is 2.13. The van der Waals surface area contributed by atoms with Crippen LogP contribution in [-0.2, 0) is 10.0 Å². The first-order valence-corrected chi connectivity index (χ1v) is 10.2. The van der Waals surface area contributed by atoms with Crippen molar-refractivity contribution >= 4 is 21.7 Å². The molecule has 0 spiro atoms. The molecule has 2 heterocycles. The highest BCUT2D eigenvalue weighted by Crippen LogP contribution is 2.41. The van der Waals surface area contributed by atoms with Gasteiger partial charge in [0.05, 0.1) is 24.1 Å². The molecule has 0 amide bonds. The van der Waals surface area contributed by atoms with E-state index in [2.05, 4.69) is 4.98 Å². The van der Waals surface area contributed by atoms with Crippen LogP contribution < -0.4 is 9.04 Å². The molecule has 0 saturated carbocycles. The van der Waals surface area contributed by atoms with Crippen LogP contribution in [0, 0.1) is 6.92 Å². The number of aromatic nitrogens is 1. The second-order valence-corrected chi connectivity index (χ2v) is 8.45. The number of hydrogen-bond donors (Lipinski definition) is 1. The van der Waals surface area contributed by atoms with Crippen molar-refractivity contribution in [2.24, 2.45) is 0 Å². The van der Waals surface area contributed by atoms with Crippen LogP contribution in [0.5, 0.6) is 5.88 Å². The summed E-state index contributed by atoms with van der Waals surface area (Å²) in [7, 11) is -3.95. The van der Waals surface area contributed by atoms with Gasteiger partial charge >= 0.3 is 5.97 Å². The van der Waals surface area contributed by atoms with Gasteiger partial charge in [0, 0.05) is 12.6 Å². The molecule has 27 heavy (non-hydrogen) atoms. The molecule has 1 N–H and O–H groups in total. The van der Waals surface area contributed by atoms with Gasteiger partial charge in [0.1, 0.15) is 4.90 Å². The molecular formula is C19H22N2O5S. The summed E-state index contributed by atoms with van der Waals surface area (Å²) in [4.78, 5) is 15.8. The van der Waals surface area contributed by atoms with E-state index in [1.807, 2.05) is 26.8 Å². The van der Waals surface area contributed by atoms with Crippen LogP contribution in [0.3, 0.4) is 0 Å². The summed E-state index contributed by atoms with van der Waals surface area (Å²) in [6.07, 6.45) is 1.85. The number of carboxylic acid groups (broad SMARTS) is 1. The van der Waals surface area contributed by atoms with Gasteiger partial charge in [-0.2, -0.15) is 0 Å². The number of rotatable bonds is 5. The molecule has 144 valence electrons. The van der Waals surface area contributed by atoms with Crippen molar-refractivity contribution in [1.82, 2.24) is 4.98 Å². The van der Waals surface area contributed by atoms with Gasteiger partial charge in [0.25, 0.3) is 10.0 Å². The number of carbonyl (C=O) groups is 1. The van der Waals surface area contributed by atoms with Gasteiger partial charge in [0.2, 0.25) is 5.88 Å². The number of benzene rings is 1. The molecule has 1 atom stereocenters. The molecule has 1 aliphatic heterocycles.